The third-order valence-electron chi connectivity index (χ3n) is 1.86. The second-order valence-electron chi connectivity index (χ2n) is 3.02. The standard InChI is InChI=1S/C9H4F6N2/c10-8(11,12)6-5(1-3-16)2-4-17-7(6)9(13,14)15/h2,4H,1H2. The molecule has 17 heavy (non-hydrogen) atoms. The average molecular weight is 254 g/mol. The van der Waals surface area contributed by atoms with Crippen LogP contribution < -0.4 is 0 Å². The number of aromatic nitrogens is 1. The van der Waals surface area contributed by atoms with Crippen molar-refractivity contribution in [2.75, 3.05) is 0 Å². The van der Waals surface area contributed by atoms with Gasteiger partial charge in [-0.25, -0.2) is 0 Å². The summed E-state index contributed by atoms with van der Waals surface area (Å²) in [6.45, 7) is 0. The SMILES string of the molecule is N#CCc1ccnc(C(F)(F)F)c1C(F)(F)F. The zero-order valence-electron chi connectivity index (χ0n) is 8.02. The zero-order valence-corrected chi connectivity index (χ0v) is 8.02. The van der Waals surface area contributed by atoms with Crippen molar-refractivity contribution in [3.05, 3.63) is 29.1 Å². The Kier molecular flexibility index (Phi) is 3.31. The maximum atomic E-state index is 12.5. The summed E-state index contributed by atoms with van der Waals surface area (Å²) in [5, 5.41) is 8.28. The Labute approximate surface area is 91.5 Å². The van der Waals surface area contributed by atoms with Gasteiger partial charge in [-0.1, -0.05) is 0 Å². The van der Waals surface area contributed by atoms with E-state index in [9.17, 15) is 26.3 Å². The molecule has 0 aliphatic rings. The molecule has 0 amide bonds. The smallest absolute Gasteiger partial charge is 0.251 e. The van der Waals surface area contributed by atoms with E-state index in [4.69, 9.17) is 5.26 Å². The number of halogens is 6. The lowest BCUT2D eigenvalue weighted by Crippen LogP contribution is -2.20. The Hall–Kier alpha value is -1.78. The number of hydrogen-bond donors (Lipinski definition) is 0. The molecule has 0 saturated carbocycles. The Balaban J connectivity index is 3.53. The van der Waals surface area contributed by atoms with E-state index in [0.717, 1.165) is 6.07 Å². The van der Waals surface area contributed by atoms with Gasteiger partial charge in [0.2, 0.25) is 0 Å². The van der Waals surface area contributed by atoms with Crippen molar-refractivity contribution in [2.24, 2.45) is 0 Å². The summed E-state index contributed by atoms with van der Waals surface area (Å²) in [7, 11) is 0. The van der Waals surface area contributed by atoms with Crippen LogP contribution in [0.2, 0.25) is 0 Å². The summed E-state index contributed by atoms with van der Waals surface area (Å²) in [4.78, 5) is 2.70. The predicted molar refractivity (Wildman–Crippen MR) is 43.6 cm³/mol. The molecule has 0 unspecified atom stereocenters. The molecule has 0 fully saturated rings. The van der Waals surface area contributed by atoms with Crippen molar-refractivity contribution in [1.82, 2.24) is 4.98 Å². The van der Waals surface area contributed by atoms with Crippen LogP contribution >= 0.6 is 0 Å². The highest BCUT2D eigenvalue weighted by Gasteiger charge is 2.46. The van der Waals surface area contributed by atoms with Crippen molar-refractivity contribution in [3.63, 3.8) is 0 Å². The van der Waals surface area contributed by atoms with E-state index in [1.54, 1.807) is 0 Å². The summed E-state index contributed by atoms with van der Waals surface area (Å²) in [6.07, 6.45) is -10.6. The lowest BCUT2D eigenvalue weighted by atomic mass is 10.0. The lowest BCUT2D eigenvalue weighted by Gasteiger charge is -2.16. The molecule has 0 atom stereocenters. The van der Waals surface area contributed by atoms with Gasteiger partial charge >= 0.3 is 12.4 Å². The van der Waals surface area contributed by atoms with E-state index < -0.39 is 35.6 Å². The van der Waals surface area contributed by atoms with Crippen molar-refractivity contribution < 1.29 is 26.3 Å². The van der Waals surface area contributed by atoms with E-state index in [1.165, 1.54) is 6.07 Å². The summed E-state index contributed by atoms with van der Waals surface area (Å²) < 4.78 is 74.6. The number of pyridine rings is 1. The molecule has 0 N–H and O–H groups in total. The molecule has 0 bridgehead atoms. The Morgan fingerprint density at radius 3 is 2.12 bits per heavy atom. The van der Waals surface area contributed by atoms with Crippen LogP contribution in [-0.4, -0.2) is 4.98 Å². The number of alkyl halides is 6. The van der Waals surface area contributed by atoms with Crippen molar-refractivity contribution in [3.8, 4) is 6.07 Å². The second kappa shape index (κ2) is 4.24. The van der Waals surface area contributed by atoms with Crippen LogP contribution in [0.25, 0.3) is 0 Å². The fourth-order valence-electron chi connectivity index (χ4n) is 1.27. The molecule has 0 radical (unpaired) electrons. The first-order valence-electron chi connectivity index (χ1n) is 4.17. The highest BCUT2D eigenvalue weighted by molar-refractivity contribution is 5.36. The number of hydrogen-bond acceptors (Lipinski definition) is 2. The van der Waals surface area contributed by atoms with Gasteiger partial charge in [0.05, 0.1) is 18.1 Å². The third-order valence-corrected chi connectivity index (χ3v) is 1.86. The van der Waals surface area contributed by atoms with E-state index in [-0.39, 0.29) is 0 Å². The molecule has 8 heteroatoms. The molecule has 2 nitrogen and oxygen atoms in total. The molecule has 1 aromatic heterocycles. The first-order chi connectivity index (χ1) is 7.68. The molecule has 0 aromatic carbocycles. The minimum absolute atomic E-state index is 0.602. The monoisotopic (exact) mass is 254 g/mol. The van der Waals surface area contributed by atoms with Gasteiger partial charge in [0.25, 0.3) is 0 Å². The molecule has 0 saturated heterocycles. The molecule has 0 aliphatic heterocycles. The molecule has 92 valence electrons. The highest BCUT2D eigenvalue weighted by Crippen LogP contribution is 2.40. The Morgan fingerprint density at radius 2 is 1.71 bits per heavy atom. The van der Waals surface area contributed by atoms with Crippen LogP contribution in [0.3, 0.4) is 0 Å². The number of nitrogens with zero attached hydrogens (tertiary/aromatic N) is 2. The molecule has 1 heterocycles. The minimum Gasteiger partial charge on any atom is -0.251 e. The summed E-state index contributed by atoms with van der Waals surface area (Å²) in [6, 6.07) is 2.13. The molecular weight excluding hydrogens is 250 g/mol. The Bertz CT molecular complexity index is 454. The van der Waals surface area contributed by atoms with Gasteiger partial charge in [0.1, 0.15) is 0 Å². The van der Waals surface area contributed by atoms with Gasteiger partial charge in [-0.05, 0) is 11.6 Å². The quantitative estimate of drug-likeness (QED) is 0.721. The van der Waals surface area contributed by atoms with Gasteiger partial charge in [-0.15, -0.1) is 0 Å². The van der Waals surface area contributed by atoms with Crippen molar-refractivity contribution in [1.29, 1.82) is 5.26 Å². The fourth-order valence-corrected chi connectivity index (χ4v) is 1.27. The first-order valence-corrected chi connectivity index (χ1v) is 4.17. The van der Waals surface area contributed by atoms with Gasteiger partial charge in [-0.3, -0.25) is 4.98 Å². The Morgan fingerprint density at radius 1 is 1.12 bits per heavy atom. The third kappa shape index (κ3) is 2.87. The highest BCUT2D eigenvalue weighted by atomic mass is 19.4. The van der Waals surface area contributed by atoms with Crippen LogP contribution in [0.4, 0.5) is 26.3 Å². The topological polar surface area (TPSA) is 36.7 Å². The van der Waals surface area contributed by atoms with Gasteiger partial charge in [-0.2, -0.15) is 31.6 Å². The van der Waals surface area contributed by atoms with Gasteiger partial charge < -0.3 is 0 Å². The number of rotatable bonds is 1. The van der Waals surface area contributed by atoms with Crippen LogP contribution in [0.1, 0.15) is 16.8 Å². The normalized spacial score (nSPS) is 12.3. The van der Waals surface area contributed by atoms with Crippen molar-refractivity contribution in [2.45, 2.75) is 18.8 Å². The second-order valence-corrected chi connectivity index (χ2v) is 3.02. The molecule has 1 rings (SSSR count). The van der Waals surface area contributed by atoms with Crippen LogP contribution in [0, 0.1) is 11.3 Å². The molecular formula is C9H4F6N2. The first kappa shape index (κ1) is 13.3. The number of nitriles is 1. The maximum absolute atomic E-state index is 12.5. The van der Waals surface area contributed by atoms with Crippen LogP contribution in [-0.2, 0) is 18.8 Å². The predicted octanol–water partition coefficient (Wildman–Crippen LogP) is 3.19. The summed E-state index contributed by atoms with van der Waals surface area (Å²) in [5.74, 6) is 0. The van der Waals surface area contributed by atoms with E-state index in [2.05, 4.69) is 4.98 Å². The van der Waals surface area contributed by atoms with E-state index >= 15 is 0 Å². The molecule has 1 aromatic rings. The largest absolute Gasteiger partial charge is 0.433 e. The lowest BCUT2D eigenvalue weighted by molar-refractivity contribution is -0.165. The average Bonchev–Trinajstić information content (AvgIpc) is 2.14. The zero-order chi connectivity index (χ0) is 13.3. The van der Waals surface area contributed by atoms with Crippen LogP contribution in [0.15, 0.2) is 12.3 Å². The molecule has 0 spiro atoms. The summed E-state index contributed by atoms with van der Waals surface area (Å²) >= 11 is 0. The van der Waals surface area contributed by atoms with E-state index in [1.807, 2.05) is 0 Å². The molecule has 0 aliphatic carbocycles. The fraction of sp³-hybridized carbons (Fsp3) is 0.333. The van der Waals surface area contributed by atoms with Crippen molar-refractivity contribution >= 4 is 0 Å². The van der Waals surface area contributed by atoms with Gasteiger partial charge in [0.15, 0.2) is 5.69 Å². The maximum Gasteiger partial charge on any atom is 0.433 e. The summed E-state index contributed by atoms with van der Waals surface area (Å²) in [5.41, 5.74) is -4.64. The van der Waals surface area contributed by atoms with Gasteiger partial charge in [0, 0.05) is 6.20 Å². The van der Waals surface area contributed by atoms with E-state index in [0.29, 0.717) is 6.20 Å². The minimum atomic E-state index is -5.21. The van der Waals surface area contributed by atoms with Crippen LogP contribution in [0.5, 0.6) is 0 Å².